The van der Waals surface area contributed by atoms with Crippen molar-refractivity contribution in [3.8, 4) is 0 Å². The Morgan fingerprint density at radius 2 is 1.42 bits per heavy atom. The molecule has 0 N–H and O–H groups in total. The van der Waals surface area contributed by atoms with Gasteiger partial charge in [-0.05, 0) is 38.1 Å². The molecule has 0 aromatic heterocycles. The quantitative estimate of drug-likeness (QED) is 0.733. The maximum absolute atomic E-state index is 13.2. The zero-order valence-corrected chi connectivity index (χ0v) is 17.0. The van der Waals surface area contributed by atoms with Crippen molar-refractivity contribution in [2.24, 2.45) is 0 Å². The fourth-order valence-electron chi connectivity index (χ4n) is 2.79. The van der Waals surface area contributed by atoms with E-state index in [1.54, 1.807) is 19.2 Å². The van der Waals surface area contributed by atoms with E-state index in [0.29, 0.717) is 31.2 Å². The molecule has 2 aromatic carbocycles. The van der Waals surface area contributed by atoms with Gasteiger partial charge in [0.25, 0.3) is 10.0 Å². The van der Waals surface area contributed by atoms with Gasteiger partial charge in [0.2, 0.25) is 11.3 Å². The van der Waals surface area contributed by atoms with Crippen LogP contribution in [-0.4, -0.2) is 49.8 Å². The second-order valence-electron chi connectivity index (χ2n) is 6.35. The van der Waals surface area contributed by atoms with Crippen molar-refractivity contribution in [2.45, 2.75) is 23.6 Å². The van der Waals surface area contributed by atoms with E-state index in [1.807, 2.05) is 50.2 Å². The highest BCUT2D eigenvalue weighted by molar-refractivity contribution is 8.05. The Morgan fingerprint density at radius 1 is 0.923 bits per heavy atom. The number of ether oxygens (including phenoxy) is 1. The van der Waals surface area contributed by atoms with Gasteiger partial charge in [-0.3, -0.25) is 0 Å². The molecule has 26 heavy (non-hydrogen) atoms. The first-order valence-electron chi connectivity index (χ1n) is 8.59. The fraction of sp³-hybridized carbons (Fsp3) is 0.368. The highest BCUT2D eigenvalue weighted by Gasteiger charge is 2.44. The first-order valence-corrected chi connectivity index (χ1v) is 11.2. The summed E-state index contributed by atoms with van der Waals surface area (Å²) in [4.78, 5) is 1.32. The van der Waals surface area contributed by atoms with Gasteiger partial charge in [0.1, 0.15) is 0 Å². The monoisotopic (exact) mass is 393 g/mol. The van der Waals surface area contributed by atoms with Crippen LogP contribution < -0.4 is 0 Å². The summed E-state index contributed by atoms with van der Waals surface area (Å²) in [5.41, 5.74) is 2.20. The Bertz CT molecular complexity index is 830. The van der Waals surface area contributed by atoms with E-state index in [9.17, 15) is 8.42 Å². The number of hydrogen-bond acceptors (Lipinski definition) is 4. The van der Waals surface area contributed by atoms with Crippen LogP contribution in [0.3, 0.4) is 0 Å². The Labute approximate surface area is 159 Å². The predicted molar refractivity (Wildman–Crippen MR) is 105 cm³/mol. The molecule has 0 bridgehead atoms. The number of morpholine rings is 1. The van der Waals surface area contributed by atoms with E-state index in [-0.39, 0.29) is 0 Å². The number of hydrogen-bond donors (Lipinski definition) is 0. The lowest BCUT2D eigenvalue weighted by atomic mass is 10.2. The van der Waals surface area contributed by atoms with E-state index < -0.39 is 21.3 Å². The van der Waals surface area contributed by atoms with Crippen LogP contribution in [0.5, 0.6) is 0 Å². The molecule has 1 heterocycles. The largest absolute Gasteiger partial charge is 0.378 e. The zero-order chi connectivity index (χ0) is 18.7. The van der Waals surface area contributed by atoms with Crippen molar-refractivity contribution in [3.63, 3.8) is 0 Å². The molecule has 1 fully saturated rings. The number of sulfonamides is 1. The average molecular weight is 394 g/mol. The lowest BCUT2D eigenvalue weighted by molar-refractivity contribution is 0.0749. The van der Waals surface area contributed by atoms with Gasteiger partial charge < -0.3 is 4.74 Å². The van der Waals surface area contributed by atoms with Crippen LogP contribution >= 0.6 is 0 Å². The summed E-state index contributed by atoms with van der Waals surface area (Å²) in [7, 11) is -1.93. The number of nitrogens with zero attached hydrogens (tertiary/aromatic N) is 2. The minimum absolute atomic E-state index is 0.323. The van der Waals surface area contributed by atoms with Gasteiger partial charge in [-0.15, -0.1) is 0 Å². The normalized spacial score (nSPS) is 17.4. The van der Waals surface area contributed by atoms with Gasteiger partial charge in [0.05, 0.1) is 38.2 Å². The van der Waals surface area contributed by atoms with Crippen molar-refractivity contribution in [3.05, 3.63) is 59.7 Å². The molecule has 0 aliphatic carbocycles. The smallest absolute Gasteiger partial charge is 0.283 e. The minimum atomic E-state index is -3.60. The molecule has 140 valence electrons. The highest BCUT2D eigenvalue weighted by Crippen LogP contribution is 2.28. The molecule has 0 spiro atoms. The van der Waals surface area contributed by atoms with Crippen molar-refractivity contribution < 1.29 is 13.2 Å². The molecule has 1 unspecified atom stereocenters. The maximum atomic E-state index is 13.2. The van der Waals surface area contributed by atoms with Gasteiger partial charge in [-0.2, -0.15) is 0 Å². The van der Waals surface area contributed by atoms with Gasteiger partial charge in [0.15, 0.2) is 4.90 Å². The summed E-state index contributed by atoms with van der Waals surface area (Å²) in [6.45, 7) is 6.64. The van der Waals surface area contributed by atoms with E-state index >= 15 is 0 Å². The van der Waals surface area contributed by atoms with Crippen LogP contribution in [0.1, 0.15) is 11.1 Å². The standard InChI is InChI=1S/C19H25N2O3S2/c1-16-4-8-18(9-5-16)25(21-12-14-24-15-13-21)20(3)26(22,23)19-10-6-17(2)7-11-19/h4-11H,12-15H2,1-3H3/q+1. The van der Waals surface area contributed by atoms with Gasteiger partial charge in [-0.1, -0.05) is 39.7 Å². The van der Waals surface area contributed by atoms with Crippen LogP contribution in [0.15, 0.2) is 58.3 Å². The first-order chi connectivity index (χ1) is 12.4. The second-order valence-corrected chi connectivity index (χ2v) is 10.6. The average Bonchev–Trinajstić information content (AvgIpc) is 2.64. The Hall–Kier alpha value is -1.38. The third-order valence-electron chi connectivity index (χ3n) is 4.35. The fourth-order valence-corrected chi connectivity index (χ4v) is 6.91. The predicted octanol–water partition coefficient (Wildman–Crippen LogP) is 2.76. The van der Waals surface area contributed by atoms with Crippen LogP contribution in [-0.2, 0) is 26.0 Å². The number of benzene rings is 2. The van der Waals surface area contributed by atoms with Crippen molar-refractivity contribution >= 4 is 21.3 Å². The summed E-state index contributed by atoms with van der Waals surface area (Å²) in [5.74, 6) is 0. The van der Waals surface area contributed by atoms with Crippen LogP contribution in [0.2, 0.25) is 0 Å². The molecule has 5 nitrogen and oxygen atoms in total. The molecule has 0 radical (unpaired) electrons. The summed E-state index contributed by atoms with van der Waals surface area (Å²) in [5, 5.41) is 0. The van der Waals surface area contributed by atoms with Gasteiger partial charge in [0, 0.05) is 3.71 Å². The summed E-state index contributed by atoms with van der Waals surface area (Å²) in [6, 6.07) is 15.1. The molecule has 1 saturated heterocycles. The summed E-state index contributed by atoms with van der Waals surface area (Å²) >= 11 is -0.704. The highest BCUT2D eigenvalue weighted by atomic mass is 32.3. The Morgan fingerprint density at radius 3 is 1.96 bits per heavy atom. The lowest BCUT2D eigenvalue weighted by Crippen LogP contribution is -2.49. The molecule has 0 saturated carbocycles. The third-order valence-corrected chi connectivity index (χ3v) is 8.94. The first kappa shape index (κ1) is 19.4. The van der Waals surface area contributed by atoms with E-state index in [1.165, 1.54) is 3.71 Å². The van der Waals surface area contributed by atoms with E-state index in [2.05, 4.69) is 4.31 Å². The Kier molecular flexibility index (Phi) is 6.04. The molecular weight excluding hydrogens is 368 g/mol. The second kappa shape index (κ2) is 8.10. The third kappa shape index (κ3) is 4.13. The number of aryl methyl sites for hydroxylation is 2. The van der Waals surface area contributed by atoms with Crippen molar-refractivity contribution in [1.29, 1.82) is 0 Å². The maximum Gasteiger partial charge on any atom is 0.283 e. The molecule has 7 heteroatoms. The van der Waals surface area contributed by atoms with Crippen LogP contribution in [0.4, 0.5) is 0 Å². The van der Waals surface area contributed by atoms with Crippen LogP contribution in [0, 0.1) is 13.8 Å². The molecular formula is C19H25N2O3S2+. The van der Waals surface area contributed by atoms with Crippen molar-refractivity contribution in [2.75, 3.05) is 33.4 Å². The molecule has 1 atom stereocenters. The van der Waals surface area contributed by atoms with Gasteiger partial charge >= 0.3 is 0 Å². The summed E-state index contributed by atoms with van der Waals surface area (Å²) < 4.78 is 35.7. The SMILES string of the molecule is Cc1ccc([S+](N2CCOCC2)N(C)S(=O)(=O)c2ccc(C)cc2)cc1. The lowest BCUT2D eigenvalue weighted by Gasteiger charge is -2.28. The molecule has 1 aliphatic rings. The molecule has 0 amide bonds. The van der Waals surface area contributed by atoms with E-state index in [4.69, 9.17) is 4.74 Å². The Balaban J connectivity index is 1.99. The van der Waals surface area contributed by atoms with Gasteiger partial charge in [-0.25, -0.2) is 8.42 Å². The molecule has 3 rings (SSSR count). The van der Waals surface area contributed by atoms with Crippen LogP contribution in [0.25, 0.3) is 0 Å². The minimum Gasteiger partial charge on any atom is -0.378 e. The zero-order valence-electron chi connectivity index (χ0n) is 15.4. The topological polar surface area (TPSA) is 49.9 Å². The molecule has 2 aromatic rings. The van der Waals surface area contributed by atoms with E-state index in [0.717, 1.165) is 16.0 Å². The summed E-state index contributed by atoms with van der Waals surface area (Å²) in [6.07, 6.45) is 0. The number of rotatable bonds is 5. The van der Waals surface area contributed by atoms with Crippen molar-refractivity contribution in [1.82, 2.24) is 8.02 Å². The molecule has 1 aliphatic heterocycles.